The Hall–Kier alpha value is -1.51. The molecule has 4 heteroatoms. The predicted octanol–water partition coefficient (Wildman–Crippen LogP) is 4.10. The molecule has 0 atom stereocenters. The maximum Gasteiger partial charge on any atom is 0.340 e. The molecule has 0 heterocycles. The Morgan fingerprint density at radius 2 is 1.42 bits per heavy atom. The molecule has 2 aromatic rings. The van der Waals surface area contributed by atoms with Crippen LogP contribution >= 0.6 is 23.2 Å². The van der Waals surface area contributed by atoms with Crippen LogP contribution in [0.15, 0.2) is 48.5 Å². The first-order valence-corrected chi connectivity index (χ1v) is 6.72. The molecule has 0 saturated carbocycles. The summed E-state index contributed by atoms with van der Waals surface area (Å²) in [6.45, 7) is 0. The highest BCUT2D eigenvalue weighted by Gasteiger charge is 2.32. The first-order chi connectivity index (χ1) is 9.18. The second-order valence-electron chi connectivity index (χ2n) is 4.29. The van der Waals surface area contributed by atoms with Gasteiger partial charge in [-0.15, -0.1) is 0 Å². The number of carbonyl (C=O) groups excluding carboxylic acids is 1. The number of benzene rings is 2. The molecular formula is C15H10Cl2O2. The van der Waals surface area contributed by atoms with E-state index in [9.17, 15) is 4.79 Å². The van der Waals surface area contributed by atoms with Crippen LogP contribution in [0.25, 0.3) is 11.1 Å². The quantitative estimate of drug-likeness (QED) is 0.615. The lowest BCUT2D eigenvalue weighted by molar-refractivity contribution is -0.145. The van der Waals surface area contributed by atoms with E-state index >= 15 is 0 Å². The molecule has 0 N–H and O–H groups in total. The standard InChI is InChI=1S/C15H10Cl2O2/c16-14(17)15(18)19-13-11-7-3-1-5-9(11)10-6-2-4-8-12(10)13/h1-8,13-14H. The Balaban J connectivity index is 2.07. The van der Waals surface area contributed by atoms with Crippen molar-refractivity contribution in [1.82, 2.24) is 0 Å². The molecule has 0 fully saturated rings. The minimum atomic E-state index is -1.17. The van der Waals surface area contributed by atoms with E-state index in [0.29, 0.717) is 0 Å². The van der Waals surface area contributed by atoms with E-state index in [2.05, 4.69) is 0 Å². The number of carbonyl (C=O) groups is 1. The van der Waals surface area contributed by atoms with Crippen LogP contribution in [0.2, 0.25) is 0 Å². The third-order valence-corrected chi connectivity index (χ3v) is 3.55. The summed E-state index contributed by atoms with van der Waals surface area (Å²) in [6, 6.07) is 15.7. The molecule has 0 aromatic heterocycles. The second-order valence-corrected chi connectivity index (χ2v) is 5.39. The highest BCUT2D eigenvalue weighted by molar-refractivity contribution is 6.52. The Morgan fingerprint density at radius 1 is 0.947 bits per heavy atom. The van der Waals surface area contributed by atoms with Gasteiger partial charge in [-0.2, -0.15) is 0 Å². The zero-order valence-corrected chi connectivity index (χ0v) is 11.4. The van der Waals surface area contributed by atoms with Gasteiger partial charge in [0.1, 0.15) is 0 Å². The van der Waals surface area contributed by atoms with Crippen molar-refractivity contribution >= 4 is 29.2 Å². The molecule has 1 aliphatic carbocycles. The largest absolute Gasteiger partial charge is 0.450 e. The molecule has 1 aliphatic rings. The number of esters is 1. The van der Waals surface area contributed by atoms with Crippen LogP contribution in [0.4, 0.5) is 0 Å². The number of hydrogen-bond donors (Lipinski definition) is 0. The summed E-state index contributed by atoms with van der Waals surface area (Å²) in [7, 11) is 0. The molecule has 0 amide bonds. The minimum absolute atomic E-state index is 0.431. The van der Waals surface area contributed by atoms with Gasteiger partial charge in [-0.1, -0.05) is 71.7 Å². The van der Waals surface area contributed by atoms with Crippen molar-refractivity contribution in [2.75, 3.05) is 0 Å². The van der Waals surface area contributed by atoms with E-state index in [0.717, 1.165) is 22.3 Å². The maximum atomic E-state index is 11.6. The smallest absolute Gasteiger partial charge is 0.340 e. The molecule has 2 aromatic carbocycles. The molecule has 0 radical (unpaired) electrons. The zero-order chi connectivity index (χ0) is 13.4. The lowest BCUT2D eigenvalue weighted by atomic mass is 10.1. The zero-order valence-electron chi connectivity index (χ0n) is 9.85. The van der Waals surface area contributed by atoms with Crippen LogP contribution in [0.3, 0.4) is 0 Å². The second kappa shape index (κ2) is 4.87. The highest BCUT2D eigenvalue weighted by atomic mass is 35.5. The lowest BCUT2D eigenvalue weighted by Crippen LogP contribution is -2.16. The van der Waals surface area contributed by atoms with Gasteiger partial charge in [0.25, 0.3) is 0 Å². The summed E-state index contributed by atoms with van der Waals surface area (Å²) >= 11 is 11.1. The Kier molecular flexibility index (Phi) is 3.21. The van der Waals surface area contributed by atoms with E-state index < -0.39 is 16.9 Å². The molecule has 0 saturated heterocycles. The number of ether oxygens (including phenoxy) is 1. The summed E-state index contributed by atoms with van der Waals surface area (Å²) in [5.41, 5.74) is 4.09. The Labute approximate surface area is 120 Å². The van der Waals surface area contributed by atoms with Gasteiger partial charge in [-0.05, 0) is 11.1 Å². The fraction of sp³-hybridized carbons (Fsp3) is 0.133. The molecule has 19 heavy (non-hydrogen) atoms. The van der Waals surface area contributed by atoms with Gasteiger partial charge in [0.15, 0.2) is 6.10 Å². The number of rotatable bonds is 2. The van der Waals surface area contributed by atoms with E-state index in [1.807, 2.05) is 48.5 Å². The van der Waals surface area contributed by atoms with E-state index in [4.69, 9.17) is 27.9 Å². The number of fused-ring (bicyclic) bond motifs is 3. The molecule has 96 valence electrons. The van der Waals surface area contributed by atoms with Crippen molar-refractivity contribution in [3.05, 3.63) is 59.7 Å². The van der Waals surface area contributed by atoms with E-state index in [1.165, 1.54) is 0 Å². The lowest BCUT2D eigenvalue weighted by Gasteiger charge is -2.15. The first kappa shape index (κ1) is 12.5. The molecule has 3 rings (SSSR count). The molecule has 0 bridgehead atoms. The fourth-order valence-electron chi connectivity index (χ4n) is 2.40. The third kappa shape index (κ3) is 2.11. The van der Waals surface area contributed by atoms with E-state index in [-0.39, 0.29) is 0 Å². The molecule has 2 nitrogen and oxygen atoms in total. The Bertz CT molecular complexity index is 592. The molecule has 0 unspecified atom stereocenters. The van der Waals surface area contributed by atoms with E-state index in [1.54, 1.807) is 0 Å². The van der Waals surface area contributed by atoms with Crippen molar-refractivity contribution in [2.45, 2.75) is 10.9 Å². The van der Waals surface area contributed by atoms with Crippen LogP contribution in [0, 0.1) is 0 Å². The van der Waals surface area contributed by atoms with Gasteiger partial charge in [-0.25, -0.2) is 4.79 Å². The SMILES string of the molecule is O=C(OC1c2ccccc2-c2ccccc21)C(Cl)Cl. The van der Waals surface area contributed by atoms with Crippen molar-refractivity contribution < 1.29 is 9.53 Å². The van der Waals surface area contributed by atoms with Gasteiger partial charge in [0.05, 0.1) is 0 Å². The van der Waals surface area contributed by atoms with Crippen molar-refractivity contribution in [3.63, 3.8) is 0 Å². The van der Waals surface area contributed by atoms with Gasteiger partial charge in [0, 0.05) is 11.1 Å². The summed E-state index contributed by atoms with van der Waals surface area (Å²) in [4.78, 5) is 10.5. The topological polar surface area (TPSA) is 26.3 Å². The van der Waals surface area contributed by atoms with Crippen LogP contribution in [-0.2, 0) is 9.53 Å². The third-order valence-electron chi connectivity index (χ3n) is 3.19. The summed E-state index contributed by atoms with van der Waals surface area (Å²) in [5.74, 6) is -0.625. The average Bonchev–Trinajstić information content (AvgIpc) is 2.74. The first-order valence-electron chi connectivity index (χ1n) is 5.85. The van der Waals surface area contributed by atoms with Gasteiger partial charge >= 0.3 is 5.97 Å². The van der Waals surface area contributed by atoms with Crippen LogP contribution in [-0.4, -0.2) is 10.8 Å². The van der Waals surface area contributed by atoms with Gasteiger partial charge in [0.2, 0.25) is 4.84 Å². The summed E-state index contributed by atoms with van der Waals surface area (Å²) < 4.78 is 5.42. The van der Waals surface area contributed by atoms with Gasteiger partial charge < -0.3 is 4.74 Å². The normalized spacial score (nSPS) is 13.2. The maximum absolute atomic E-state index is 11.6. The summed E-state index contributed by atoms with van der Waals surface area (Å²) in [5, 5.41) is 0. The monoisotopic (exact) mass is 292 g/mol. The summed E-state index contributed by atoms with van der Waals surface area (Å²) in [6.07, 6.45) is -0.431. The average molecular weight is 293 g/mol. The van der Waals surface area contributed by atoms with Crippen molar-refractivity contribution in [1.29, 1.82) is 0 Å². The van der Waals surface area contributed by atoms with Crippen molar-refractivity contribution in [3.8, 4) is 11.1 Å². The predicted molar refractivity (Wildman–Crippen MR) is 75.3 cm³/mol. The highest BCUT2D eigenvalue weighted by Crippen LogP contribution is 2.45. The number of halogens is 2. The van der Waals surface area contributed by atoms with Gasteiger partial charge in [-0.3, -0.25) is 0 Å². The molecule has 0 spiro atoms. The van der Waals surface area contributed by atoms with Crippen LogP contribution in [0.1, 0.15) is 17.2 Å². The van der Waals surface area contributed by atoms with Crippen molar-refractivity contribution in [2.24, 2.45) is 0 Å². The number of alkyl halides is 2. The fourth-order valence-corrected chi connectivity index (χ4v) is 2.51. The van der Waals surface area contributed by atoms with Crippen LogP contribution in [0.5, 0.6) is 0 Å². The van der Waals surface area contributed by atoms with Crippen LogP contribution < -0.4 is 0 Å². The molecular weight excluding hydrogens is 283 g/mol. The molecule has 0 aliphatic heterocycles. The number of hydrogen-bond acceptors (Lipinski definition) is 2. The minimum Gasteiger partial charge on any atom is -0.450 e. The Morgan fingerprint density at radius 3 is 1.89 bits per heavy atom.